The molecular weight excluding hydrogens is 288 g/mol. The SMILES string of the molecule is O=C(Nc1nc(C2CC2)cs1)C1Cc2ccccc2S1. The lowest BCUT2D eigenvalue weighted by atomic mass is 10.1. The summed E-state index contributed by atoms with van der Waals surface area (Å²) in [6.45, 7) is 0. The lowest BCUT2D eigenvalue weighted by Crippen LogP contribution is -2.24. The van der Waals surface area contributed by atoms with Crippen molar-refractivity contribution in [2.75, 3.05) is 5.32 Å². The van der Waals surface area contributed by atoms with Crippen LogP contribution in [0.3, 0.4) is 0 Å². The fourth-order valence-electron chi connectivity index (χ4n) is 2.42. The Labute approximate surface area is 125 Å². The molecule has 1 amide bonds. The Hall–Kier alpha value is -1.33. The zero-order chi connectivity index (χ0) is 13.5. The van der Waals surface area contributed by atoms with Gasteiger partial charge in [0.2, 0.25) is 5.91 Å². The molecule has 0 bridgehead atoms. The topological polar surface area (TPSA) is 42.0 Å². The highest BCUT2D eigenvalue weighted by atomic mass is 32.2. The second-order valence-electron chi connectivity index (χ2n) is 5.26. The molecule has 1 fully saturated rings. The third-order valence-corrected chi connectivity index (χ3v) is 5.78. The zero-order valence-electron chi connectivity index (χ0n) is 10.8. The van der Waals surface area contributed by atoms with Crippen molar-refractivity contribution in [3.63, 3.8) is 0 Å². The summed E-state index contributed by atoms with van der Waals surface area (Å²) in [7, 11) is 0. The van der Waals surface area contributed by atoms with Crippen LogP contribution in [0.15, 0.2) is 34.5 Å². The predicted octanol–water partition coefficient (Wildman–Crippen LogP) is 3.68. The highest BCUT2D eigenvalue weighted by Crippen LogP contribution is 2.41. The summed E-state index contributed by atoms with van der Waals surface area (Å²) in [5, 5.41) is 5.76. The molecule has 0 radical (unpaired) electrons. The summed E-state index contributed by atoms with van der Waals surface area (Å²) >= 11 is 3.19. The van der Waals surface area contributed by atoms with Crippen molar-refractivity contribution >= 4 is 34.1 Å². The third-order valence-electron chi connectivity index (χ3n) is 3.69. The number of carbonyl (C=O) groups excluding carboxylic acids is 1. The maximum absolute atomic E-state index is 12.3. The first-order chi connectivity index (χ1) is 9.79. The van der Waals surface area contributed by atoms with E-state index in [0.29, 0.717) is 5.92 Å². The minimum Gasteiger partial charge on any atom is -0.301 e. The van der Waals surface area contributed by atoms with Gasteiger partial charge in [0.15, 0.2) is 5.13 Å². The van der Waals surface area contributed by atoms with Crippen molar-refractivity contribution in [3.05, 3.63) is 40.9 Å². The van der Waals surface area contributed by atoms with Crippen LogP contribution in [0.4, 0.5) is 5.13 Å². The van der Waals surface area contributed by atoms with Crippen LogP contribution < -0.4 is 5.32 Å². The lowest BCUT2D eigenvalue weighted by Gasteiger charge is -2.07. The summed E-state index contributed by atoms with van der Waals surface area (Å²) in [4.78, 5) is 18.1. The molecule has 1 aromatic heterocycles. The smallest absolute Gasteiger partial charge is 0.239 e. The van der Waals surface area contributed by atoms with E-state index in [-0.39, 0.29) is 11.2 Å². The summed E-state index contributed by atoms with van der Waals surface area (Å²) < 4.78 is 0. The number of hydrogen-bond acceptors (Lipinski definition) is 4. The molecule has 1 aliphatic heterocycles. The summed E-state index contributed by atoms with van der Waals surface area (Å²) in [5.41, 5.74) is 2.42. The highest BCUT2D eigenvalue weighted by Gasteiger charge is 2.29. The number of rotatable bonds is 3. The molecule has 0 saturated heterocycles. The number of nitrogens with zero attached hydrogens (tertiary/aromatic N) is 1. The second-order valence-corrected chi connectivity index (χ2v) is 7.36. The van der Waals surface area contributed by atoms with Gasteiger partial charge in [-0.3, -0.25) is 4.79 Å². The van der Waals surface area contributed by atoms with Gasteiger partial charge in [-0.1, -0.05) is 18.2 Å². The molecule has 0 spiro atoms. The number of fused-ring (bicyclic) bond motifs is 1. The van der Waals surface area contributed by atoms with Crippen LogP contribution >= 0.6 is 23.1 Å². The first-order valence-electron chi connectivity index (χ1n) is 6.80. The maximum Gasteiger partial charge on any atom is 0.239 e. The normalized spacial score (nSPS) is 20.7. The summed E-state index contributed by atoms with van der Waals surface area (Å²) in [5.74, 6) is 0.713. The molecule has 1 saturated carbocycles. The number of benzene rings is 1. The number of thioether (sulfide) groups is 1. The molecule has 1 aliphatic carbocycles. The van der Waals surface area contributed by atoms with E-state index >= 15 is 0 Å². The summed E-state index contributed by atoms with van der Waals surface area (Å²) in [6, 6.07) is 8.24. The molecule has 2 heterocycles. The Kier molecular flexibility index (Phi) is 3.04. The van der Waals surface area contributed by atoms with Crippen LogP contribution in [0, 0.1) is 0 Å². The van der Waals surface area contributed by atoms with E-state index in [0.717, 1.165) is 17.2 Å². The van der Waals surface area contributed by atoms with Gasteiger partial charge in [-0.05, 0) is 30.9 Å². The average Bonchev–Trinajstić information content (AvgIpc) is 3.04. The molecule has 5 heteroatoms. The van der Waals surface area contributed by atoms with Gasteiger partial charge in [-0.25, -0.2) is 4.98 Å². The second kappa shape index (κ2) is 4.90. The minimum atomic E-state index is -0.0272. The average molecular weight is 302 g/mol. The largest absolute Gasteiger partial charge is 0.301 e. The van der Waals surface area contributed by atoms with Crippen molar-refractivity contribution in [3.8, 4) is 0 Å². The number of aromatic nitrogens is 1. The van der Waals surface area contributed by atoms with Gasteiger partial charge in [0.05, 0.1) is 10.9 Å². The van der Waals surface area contributed by atoms with Gasteiger partial charge in [0.1, 0.15) is 0 Å². The molecule has 20 heavy (non-hydrogen) atoms. The van der Waals surface area contributed by atoms with Gasteiger partial charge >= 0.3 is 0 Å². The van der Waals surface area contributed by atoms with E-state index in [9.17, 15) is 4.79 Å². The molecule has 1 aromatic carbocycles. The number of nitrogens with one attached hydrogen (secondary N) is 1. The van der Waals surface area contributed by atoms with Crippen LogP contribution in [0.1, 0.15) is 30.0 Å². The van der Waals surface area contributed by atoms with Crippen LogP contribution in [0.5, 0.6) is 0 Å². The predicted molar refractivity (Wildman–Crippen MR) is 82.5 cm³/mol. The number of amides is 1. The lowest BCUT2D eigenvalue weighted by molar-refractivity contribution is -0.115. The fourth-order valence-corrected chi connectivity index (χ4v) is 4.41. The monoisotopic (exact) mass is 302 g/mol. The fraction of sp³-hybridized carbons (Fsp3) is 0.333. The van der Waals surface area contributed by atoms with E-state index in [1.807, 2.05) is 12.1 Å². The zero-order valence-corrected chi connectivity index (χ0v) is 12.5. The molecule has 1 atom stereocenters. The van der Waals surface area contributed by atoms with Crippen molar-refractivity contribution in [1.82, 2.24) is 4.98 Å². The molecule has 3 nitrogen and oxygen atoms in total. The van der Waals surface area contributed by atoms with Crippen molar-refractivity contribution in [1.29, 1.82) is 0 Å². The van der Waals surface area contributed by atoms with Gasteiger partial charge in [0.25, 0.3) is 0 Å². The number of carbonyl (C=O) groups is 1. The minimum absolute atomic E-state index is 0.0272. The van der Waals surface area contributed by atoms with Gasteiger partial charge in [0, 0.05) is 16.2 Å². The van der Waals surface area contributed by atoms with Crippen LogP contribution in [0.2, 0.25) is 0 Å². The van der Waals surface area contributed by atoms with E-state index in [1.54, 1.807) is 11.8 Å². The number of thiazole rings is 1. The Bertz CT molecular complexity index is 638. The Morgan fingerprint density at radius 3 is 2.95 bits per heavy atom. The van der Waals surface area contributed by atoms with Crippen molar-refractivity contribution in [2.45, 2.75) is 35.3 Å². The Balaban J connectivity index is 1.43. The van der Waals surface area contributed by atoms with E-state index in [4.69, 9.17) is 0 Å². The molecule has 1 N–H and O–H groups in total. The van der Waals surface area contributed by atoms with Gasteiger partial charge < -0.3 is 5.32 Å². The Morgan fingerprint density at radius 2 is 2.15 bits per heavy atom. The number of hydrogen-bond donors (Lipinski definition) is 1. The van der Waals surface area contributed by atoms with Crippen molar-refractivity contribution < 1.29 is 4.79 Å². The van der Waals surface area contributed by atoms with E-state index < -0.39 is 0 Å². The number of anilines is 1. The maximum atomic E-state index is 12.3. The molecule has 2 aliphatic rings. The van der Waals surface area contributed by atoms with Crippen molar-refractivity contribution in [2.24, 2.45) is 0 Å². The molecule has 4 rings (SSSR count). The van der Waals surface area contributed by atoms with Crippen LogP contribution in [-0.2, 0) is 11.2 Å². The van der Waals surface area contributed by atoms with Crippen LogP contribution in [-0.4, -0.2) is 16.1 Å². The Morgan fingerprint density at radius 1 is 1.30 bits per heavy atom. The summed E-state index contributed by atoms with van der Waals surface area (Å²) in [6.07, 6.45) is 3.29. The van der Waals surface area contributed by atoms with Gasteiger partial charge in [-0.2, -0.15) is 0 Å². The molecule has 1 unspecified atom stereocenters. The third kappa shape index (κ3) is 2.36. The van der Waals surface area contributed by atoms with Crippen LogP contribution in [0.25, 0.3) is 0 Å². The van der Waals surface area contributed by atoms with E-state index in [1.165, 1.54) is 34.6 Å². The first-order valence-corrected chi connectivity index (χ1v) is 8.56. The highest BCUT2D eigenvalue weighted by molar-refractivity contribution is 8.01. The molecular formula is C15H14N2OS2. The molecule has 2 aromatic rings. The quantitative estimate of drug-likeness (QED) is 0.940. The van der Waals surface area contributed by atoms with E-state index in [2.05, 4.69) is 27.8 Å². The van der Waals surface area contributed by atoms with Gasteiger partial charge in [-0.15, -0.1) is 23.1 Å². The first kappa shape index (κ1) is 12.4. The molecule has 102 valence electrons. The standard InChI is InChI=1S/C15H14N2OS2/c18-14(13-7-10-3-1-2-4-12(10)20-13)17-15-16-11(8-19-15)9-5-6-9/h1-4,8-9,13H,5-7H2,(H,16,17,18).